The van der Waals surface area contributed by atoms with E-state index in [-0.39, 0.29) is 0 Å². The fourth-order valence-corrected chi connectivity index (χ4v) is 2.17. The van der Waals surface area contributed by atoms with E-state index in [1.54, 1.807) is 0 Å². The van der Waals surface area contributed by atoms with Crippen molar-refractivity contribution in [1.82, 2.24) is 5.32 Å². The van der Waals surface area contributed by atoms with Crippen LogP contribution in [0.15, 0.2) is 0 Å². The van der Waals surface area contributed by atoms with E-state index in [1.165, 1.54) is 32.2 Å². The Balaban J connectivity index is 2.05. The van der Waals surface area contributed by atoms with Gasteiger partial charge in [-0.1, -0.05) is 20.8 Å². The zero-order valence-corrected chi connectivity index (χ0v) is 10.6. The van der Waals surface area contributed by atoms with Crippen LogP contribution in [-0.4, -0.2) is 25.3 Å². The normalized spacial score (nSPS) is 27.2. The summed E-state index contributed by atoms with van der Waals surface area (Å²) in [4.78, 5) is 0. The van der Waals surface area contributed by atoms with E-state index in [2.05, 4.69) is 26.1 Å². The summed E-state index contributed by atoms with van der Waals surface area (Å²) in [5.74, 6) is 0.838. The van der Waals surface area contributed by atoms with Gasteiger partial charge in [0.25, 0.3) is 0 Å². The maximum Gasteiger partial charge on any atom is 0.0587 e. The fourth-order valence-electron chi connectivity index (χ4n) is 2.17. The van der Waals surface area contributed by atoms with Crippen LogP contribution in [-0.2, 0) is 4.74 Å². The van der Waals surface area contributed by atoms with E-state index in [0.717, 1.165) is 18.9 Å². The number of rotatable bonds is 6. The van der Waals surface area contributed by atoms with Gasteiger partial charge in [0.05, 0.1) is 6.10 Å². The van der Waals surface area contributed by atoms with Gasteiger partial charge < -0.3 is 10.1 Å². The Morgan fingerprint density at radius 1 is 1.40 bits per heavy atom. The highest BCUT2D eigenvalue weighted by Crippen LogP contribution is 2.16. The van der Waals surface area contributed by atoms with Crippen LogP contribution in [0.3, 0.4) is 0 Å². The third-order valence-corrected chi connectivity index (χ3v) is 3.21. The highest BCUT2D eigenvalue weighted by molar-refractivity contribution is 4.75. The molecule has 1 rings (SSSR count). The van der Waals surface area contributed by atoms with Gasteiger partial charge >= 0.3 is 0 Å². The Hall–Kier alpha value is -0.0800. The molecule has 0 aliphatic carbocycles. The van der Waals surface area contributed by atoms with Crippen LogP contribution in [0.4, 0.5) is 0 Å². The Labute approximate surface area is 94.8 Å². The summed E-state index contributed by atoms with van der Waals surface area (Å²) in [5, 5.41) is 3.66. The molecule has 0 aromatic heterocycles. The van der Waals surface area contributed by atoms with E-state index in [1.807, 2.05) is 0 Å². The molecule has 0 radical (unpaired) electrons. The van der Waals surface area contributed by atoms with Crippen LogP contribution >= 0.6 is 0 Å². The van der Waals surface area contributed by atoms with E-state index in [0.29, 0.717) is 12.1 Å². The second-order valence-electron chi connectivity index (χ2n) is 5.11. The number of ether oxygens (including phenoxy) is 1. The highest BCUT2D eigenvalue weighted by atomic mass is 16.5. The second-order valence-corrected chi connectivity index (χ2v) is 5.11. The van der Waals surface area contributed by atoms with E-state index in [4.69, 9.17) is 4.74 Å². The van der Waals surface area contributed by atoms with Crippen molar-refractivity contribution in [3.8, 4) is 0 Å². The molecule has 2 unspecified atom stereocenters. The zero-order valence-electron chi connectivity index (χ0n) is 10.6. The molecule has 1 aliphatic rings. The van der Waals surface area contributed by atoms with E-state index >= 15 is 0 Å². The fraction of sp³-hybridized carbons (Fsp3) is 1.00. The van der Waals surface area contributed by atoms with Gasteiger partial charge in [-0.15, -0.1) is 0 Å². The van der Waals surface area contributed by atoms with E-state index in [9.17, 15) is 0 Å². The summed E-state index contributed by atoms with van der Waals surface area (Å²) in [6.45, 7) is 8.93. The first kappa shape index (κ1) is 13.0. The number of hydrogen-bond acceptors (Lipinski definition) is 2. The van der Waals surface area contributed by atoms with Crippen molar-refractivity contribution in [3.63, 3.8) is 0 Å². The Kier molecular flexibility index (Phi) is 6.26. The Bertz CT molecular complexity index is 159. The first-order valence-electron chi connectivity index (χ1n) is 6.57. The highest BCUT2D eigenvalue weighted by Gasteiger charge is 2.20. The molecule has 0 aromatic carbocycles. The zero-order chi connectivity index (χ0) is 11.1. The molecule has 2 heteroatoms. The van der Waals surface area contributed by atoms with Gasteiger partial charge in [0.2, 0.25) is 0 Å². The molecular formula is C13H27NO. The molecule has 2 nitrogen and oxygen atoms in total. The first-order chi connectivity index (χ1) is 7.22. The summed E-state index contributed by atoms with van der Waals surface area (Å²) in [6, 6.07) is 0.705. The third-order valence-electron chi connectivity index (χ3n) is 3.21. The lowest BCUT2D eigenvalue weighted by atomic mass is 10.0. The molecule has 1 N–H and O–H groups in total. The SMILES string of the molecule is CCC1CC(NCCCC(C)C)CCO1. The minimum atomic E-state index is 0.501. The largest absolute Gasteiger partial charge is 0.378 e. The van der Waals surface area contributed by atoms with Crippen molar-refractivity contribution in [1.29, 1.82) is 0 Å². The quantitative estimate of drug-likeness (QED) is 0.685. The molecule has 2 atom stereocenters. The number of hydrogen-bond donors (Lipinski definition) is 1. The van der Waals surface area contributed by atoms with Crippen LogP contribution in [0.1, 0.15) is 52.9 Å². The molecular weight excluding hydrogens is 186 g/mol. The maximum absolute atomic E-state index is 5.66. The average Bonchev–Trinajstić information content (AvgIpc) is 2.24. The minimum Gasteiger partial charge on any atom is -0.378 e. The van der Waals surface area contributed by atoms with Crippen LogP contribution < -0.4 is 5.32 Å². The molecule has 0 bridgehead atoms. The third kappa shape index (κ3) is 5.53. The molecule has 1 fully saturated rings. The molecule has 0 saturated carbocycles. The smallest absolute Gasteiger partial charge is 0.0587 e. The van der Waals surface area contributed by atoms with Crippen LogP contribution in [0.25, 0.3) is 0 Å². The minimum absolute atomic E-state index is 0.501. The van der Waals surface area contributed by atoms with Crippen molar-refractivity contribution < 1.29 is 4.74 Å². The van der Waals surface area contributed by atoms with Gasteiger partial charge in [-0.3, -0.25) is 0 Å². The lowest BCUT2D eigenvalue weighted by Crippen LogP contribution is -2.39. The molecule has 1 aliphatic heterocycles. The topological polar surface area (TPSA) is 21.3 Å². The van der Waals surface area contributed by atoms with Crippen molar-refractivity contribution in [2.24, 2.45) is 5.92 Å². The van der Waals surface area contributed by atoms with Gasteiger partial charge in [0, 0.05) is 12.6 Å². The van der Waals surface area contributed by atoms with Gasteiger partial charge in [-0.05, 0) is 44.6 Å². The molecule has 0 aromatic rings. The molecule has 0 amide bonds. The standard InChI is InChI=1S/C13H27NO/c1-4-13-10-12(7-9-15-13)14-8-5-6-11(2)3/h11-14H,4-10H2,1-3H3. The summed E-state index contributed by atoms with van der Waals surface area (Å²) < 4.78 is 5.66. The summed E-state index contributed by atoms with van der Waals surface area (Å²) >= 11 is 0. The summed E-state index contributed by atoms with van der Waals surface area (Å²) in [6.07, 6.45) is 6.71. The summed E-state index contributed by atoms with van der Waals surface area (Å²) in [7, 11) is 0. The van der Waals surface area contributed by atoms with Crippen LogP contribution in [0.5, 0.6) is 0 Å². The Morgan fingerprint density at radius 3 is 2.87 bits per heavy atom. The predicted molar refractivity (Wildman–Crippen MR) is 65.1 cm³/mol. The second kappa shape index (κ2) is 7.24. The predicted octanol–water partition coefficient (Wildman–Crippen LogP) is 2.97. The molecule has 1 heterocycles. The van der Waals surface area contributed by atoms with Crippen molar-refractivity contribution in [2.75, 3.05) is 13.2 Å². The van der Waals surface area contributed by atoms with E-state index < -0.39 is 0 Å². The molecule has 1 saturated heterocycles. The number of nitrogens with one attached hydrogen (secondary N) is 1. The van der Waals surface area contributed by atoms with Crippen molar-refractivity contribution in [3.05, 3.63) is 0 Å². The summed E-state index contributed by atoms with van der Waals surface area (Å²) in [5.41, 5.74) is 0. The lowest BCUT2D eigenvalue weighted by Gasteiger charge is -2.29. The van der Waals surface area contributed by atoms with Gasteiger partial charge in [-0.2, -0.15) is 0 Å². The van der Waals surface area contributed by atoms with Crippen molar-refractivity contribution >= 4 is 0 Å². The molecule has 0 spiro atoms. The van der Waals surface area contributed by atoms with Gasteiger partial charge in [0.15, 0.2) is 0 Å². The van der Waals surface area contributed by atoms with Crippen LogP contribution in [0.2, 0.25) is 0 Å². The average molecular weight is 213 g/mol. The van der Waals surface area contributed by atoms with Crippen molar-refractivity contribution in [2.45, 2.75) is 65.0 Å². The monoisotopic (exact) mass is 213 g/mol. The van der Waals surface area contributed by atoms with Gasteiger partial charge in [0.1, 0.15) is 0 Å². The van der Waals surface area contributed by atoms with Crippen LogP contribution in [0, 0.1) is 5.92 Å². The molecule has 90 valence electrons. The lowest BCUT2D eigenvalue weighted by molar-refractivity contribution is -0.0000284. The maximum atomic E-state index is 5.66. The van der Waals surface area contributed by atoms with Gasteiger partial charge in [-0.25, -0.2) is 0 Å². The molecule has 15 heavy (non-hydrogen) atoms. The Morgan fingerprint density at radius 2 is 2.20 bits per heavy atom. The first-order valence-corrected chi connectivity index (χ1v) is 6.57.